The average molecular weight is 794 g/mol. The van der Waals surface area contributed by atoms with Crippen molar-refractivity contribution in [3.63, 3.8) is 0 Å². The second kappa shape index (κ2) is 47.0. The Labute approximate surface area is 351 Å². The molecule has 0 aliphatic carbocycles. The van der Waals surface area contributed by atoms with Crippen LogP contribution in [0.1, 0.15) is 296 Å². The highest BCUT2D eigenvalue weighted by Crippen LogP contribution is 2.18. The molecule has 4 N–H and O–H groups in total. The van der Waals surface area contributed by atoms with E-state index in [2.05, 4.69) is 19.2 Å². The number of amides is 1. The molecule has 0 heterocycles. The first-order valence-electron chi connectivity index (χ1n) is 25.8. The molecular formula is C51H103NO4. The summed E-state index contributed by atoms with van der Waals surface area (Å²) in [6, 6.07) is -0.653. The molecular weight excluding hydrogens is 691 g/mol. The van der Waals surface area contributed by atoms with Crippen molar-refractivity contribution in [3.05, 3.63) is 0 Å². The third-order valence-electron chi connectivity index (χ3n) is 12.4. The second-order valence-corrected chi connectivity index (χ2v) is 18.1. The lowest BCUT2D eigenvalue weighted by molar-refractivity contribution is -0.125. The summed E-state index contributed by atoms with van der Waals surface area (Å²) in [6.07, 6.45) is 55.2. The van der Waals surface area contributed by atoms with E-state index >= 15 is 0 Å². The zero-order chi connectivity index (χ0) is 40.8. The van der Waals surface area contributed by atoms with Crippen LogP contribution in [0.2, 0.25) is 0 Å². The van der Waals surface area contributed by atoms with Crippen LogP contribution in [0.5, 0.6) is 0 Å². The molecule has 0 saturated heterocycles. The molecule has 5 nitrogen and oxygen atoms in total. The molecule has 0 aromatic carbocycles. The monoisotopic (exact) mass is 794 g/mol. The highest BCUT2D eigenvalue weighted by atomic mass is 16.3. The zero-order valence-electron chi connectivity index (χ0n) is 38.3. The standard InChI is InChI=1S/C51H103NO4/c1-3-5-7-9-11-13-15-17-19-21-23-24-25-26-27-28-30-32-34-36-38-40-42-44-48(54)46-51(56)52-49(47-53)50(55)45-43-41-39-37-35-33-31-29-22-20-18-16-14-12-10-8-6-4-2/h48-50,53-55H,3-47H2,1-2H3,(H,52,56). The van der Waals surface area contributed by atoms with E-state index < -0.39 is 18.2 Å². The van der Waals surface area contributed by atoms with E-state index in [0.717, 1.165) is 25.7 Å². The van der Waals surface area contributed by atoms with Gasteiger partial charge in [-0.1, -0.05) is 277 Å². The van der Waals surface area contributed by atoms with Crippen LogP contribution in [0.3, 0.4) is 0 Å². The molecule has 0 aromatic rings. The van der Waals surface area contributed by atoms with Gasteiger partial charge in [0.15, 0.2) is 0 Å². The number of carbonyl (C=O) groups is 1. The Hall–Kier alpha value is -0.650. The summed E-state index contributed by atoms with van der Waals surface area (Å²) in [5.74, 6) is -0.275. The van der Waals surface area contributed by atoms with Gasteiger partial charge in [0.05, 0.1) is 31.3 Å². The lowest BCUT2D eigenvalue weighted by atomic mass is 10.0. The minimum Gasteiger partial charge on any atom is -0.394 e. The molecule has 0 aromatic heterocycles. The van der Waals surface area contributed by atoms with Gasteiger partial charge in [-0.25, -0.2) is 0 Å². The van der Waals surface area contributed by atoms with E-state index in [-0.39, 0.29) is 18.9 Å². The fraction of sp³-hybridized carbons (Fsp3) is 0.980. The van der Waals surface area contributed by atoms with Crippen molar-refractivity contribution < 1.29 is 20.1 Å². The minimum absolute atomic E-state index is 0.0434. The first-order chi connectivity index (χ1) is 27.5. The topological polar surface area (TPSA) is 89.8 Å². The van der Waals surface area contributed by atoms with Gasteiger partial charge in [0, 0.05) is 0 Å². The van der Waals surface area contributed by atoms with Gasteiger partial charge in [0.25, 0.3) is 0 Å². The van der Waals surface area contributed by atoms with Crippen molar-refractivity contribution in [1.29, 1.82) is 0 Å². The fourth-order valence-electron chi connectivity index (χ4n) is 8.47. The van der Waals surface area contributed by atoms with E-state index in [1.165, 1.54) is 238 Å². The number of nitrogens with one attached hydrogen (secondary N) is 1. The van der Waals surface area contributed by atoms with E-state index in [1.54, 1.807) is 0 Å². The highest BCUT2D eigenvalue weighted by molar-refractivity contribution is 5.76. The van der Waals surface area contributed by atoms with E-state index in [0.29, 0.717) is 12.8 Å². The summed E-state index contributed by atoms with van der Waals surface area (Å²) in [5, 5.41) is 33.6. The molecule has 0 aliphatic heterocycles. The summed E-state index contributed by atoms with van der Waals surface area (Å²) in [5.41, 5.74) is 0. The van der Waals surface area contributed by atoms with Gasteiger partial charge in [-0.2, -0.15) is 0 Å². The molecule has 1 amide bonds. The molecule has 0 aliphatic rings. The number of rotatable bonds is 48. The number of carbonyl (C=O) groups excluding carboxylic acids is 1. The molecule has 336 valence electrons. The van der Waals surface area contributed by atoms with Gasteiger partial charge in [0.1, 0.15) is 0 Å². The van der Waals surface area contributed by atoms with Crippen LogP contribution in [0.4, 0.5) is 0 Å². The average Bonchev–Trinajstić information content (AvgIpc) is 3.19. The molecule has 0 rings (SSSR count). The lowest BCUT2D eigenvalue weighted by Crippen LogP contribution is -2.46. The first kappa shape index (κ1) is 55.4. The smallest absolute Gasteiger partial charge is 0.222 e. The maximum absolute atomic E-state index is 12.5. The molecule has 0 saturated carbocycles. The van der Waals surface area contributed by atoms with E-state index in [9.17, 15) is 20.1 Å². The maximum atomic E-state index is 12.5. The van der Waals surface area contributed by atoms with Crippen molar-refractivity contribution in [3.8, 4) is 0 Å². The number of hydrogen-bond acceptors (Lipinski definition) is 4. The van der Waals surface area contributed by atoms with Crippen LogP contribution in [0, 0.1) is 0 Å². The summed E-state index contributed by atoms with van der Waals surface area (Å²) < 4.78 is 0. The Morgan fingerprint density at radius 2 is 0.607 bits per heavy atom. The summed E-state index contributed by atoms with van der Waals surface area (Å²) in [6.45, 7) is 4.30. The van der Waals surface area contributed by atoms with Crippen molar-refractivity contribution >= 4 is 5.91 Å². The van der Waals surface area contributed by atoms with Gasteiger partial charge in [-0.15, -0.1) is 0 Å². The predicted octanol–water partition coefficient (Wildman–Crippen LogP) is 15.4. The molecule has 0 spiro atoms. The lowest BCUT2D eigenvalue weighted by Gasteiger charge is -2.23. The minimum atomic E-state index is -0.744. The number of aliphatic hydroxyl groups excluding tert-OH is 3. The molecule has 0 fully saturated rings. The SMILES string of the molecule is CCCCCCCCCCCCCCCCCCCCCCCCCC(O)CC(=O)NC(CO)C(O)CCCCCCCCCCCCCCCCCCCC. The number of unbranched alkanes of at least 4 members (excludes halogenated alkanes) is 39. The third-order valence-corrected chi connectivity index (χ3v) is 12.4. The van der Waals surface area contributed by atoms with Crippen LogP contribution >= 0.6 is 0 Å². The molecule has 3 unspecified atom stereocenters. The quantitative estimate of drug-likeness (QED) is 0.0462. The third kappa shape index (κ3) is 42.9. The molecule has 5 heteroatoms. The van der Waals surface area contributed by atoms with Crippen LogP contribution in [-0.4, -0.2) is 46.1 Å². The van der Waals surface area contributed by atoms with Crippen molar-refractivity contribution in [2.45, 2.75) is 315 Å². The van der Waals surface area contributed by atoms with Crippen LogP contribution in [0.15, 0.2) is 0 Å². The molecule has 3 atom stereocenters. The second-order valence-electron chi connectivity index (χ2n) is 18.1. The molecule has 0 radical (unpaired) electrons. The van der Waals surface area contributed by atoms with Crippen molar-refractivity contribution in [2.24, 2.45) is 0 Å². The molecule has 56 heavy (non-hydrogen) atoms. The van der Waals surface area contributed by atoms with Gasteiger partial charge in [-0.05, 0) is 12.8 Å². The van der Waals surface area contributed by atoms with Crippen molar-refractivity contribution in [1.82, 2.24) is 5.32 Å². The van der Waals surface area contributed by atoms with Crippen molar-refractivity contribution in [2.75, 3.05) is 6.61 Å². The van der Waals surface area contributed by atoms with Crippen LogP contribution in [0.25, 0.3) is 0 Å². The Kier molecular flexibility index (Phi) is 46.5. The Morgan fingerprint density at radius 3 is 0.857 bits per heavy atom. The van der Waals surface area contributed by atoms with E-state index in [4.69, 9.17) is 0 Å². The van der Waals surface area contributed by atoms with E-state index in [1.807, 2.05) is 0 Å². The fourth-order valence-corrected chi connectivity index (χ4v) is 8.47. The predicted molar refractivity (Wildman–Crippen MR) is 246 cm³/mol. The van der Waals surface area contributed by atoms with Gasteiger partial charge < -0.3 is 20.6 Å². The maximum Gasteiger partial charge on any atom is 0.222 e. The van der Waals surface area contributed by atoms with Gasteiger partial charge in [-0.3, -0.25) is 4.79 Å². The summed E-state index contributed by atoms with van der Waals surface area (Å²) >= 11 is 0. The Bertz CT molecular complexity index is 747. The molecule has 0 bridgehead atoms. The first-order valence-corrected chi connectivity index (χ1v) is 25.8. The van der Waals surface area contributed by atoms with Gasteiger partial charge >= 0.3 is 0 Å². The zero-order valence-corrected chi connectivity index (χ0v) is 38.3. The Balaban J connectivity index is 3.51. The highest BCUT2D eigenvalue weighted by Gasteiger charge is 2.21. The number of aliphatic hydroxyl groups is 3. The largest absolute Gasteiger partial charge is 0.394 e. The van der Waals surface area contributed by atoms with Crippen LogP contribution < -0.4 is 5.32 Å². The summed E-state index contributed by atoms with van der Waals surface area (Å²) in [4.78, 5) is 12.5. The van der Waals surface area contributed by atoms with Crippen LogP contribution in [-0.2, 0) is 4.79 Å². The normalized spacial score (nSPS) is 13.3. The number of hydrogen-bond donors (Lipinski definition) is 4. The van der Waals surface area contributed by atoms with Gasteiger partial charge in [0.2, 0.25) is 5.91 Å². The summed E-state index contributed by atoms with van der Waals surface area (Å²) in [7, 11) is 0. The Morgan fingerprint density at radius 1 is 0.375 bits per heavy atom.